The van der Waals surface area contributed by atoms with Crippen LogP contribution in [0.4, 0.5) is 10.1 Å². The third-order valence-corrected chi connectivity index (χ3v) is 3.44. The Hall–Kier alpha value is -1.42. The summed E-state index contributed by atoms with van der Waals surface area (Å²) in [5.74, 6) is -0.389. The zero-order chi connectivity index (χ0) is 12.5. The molecular weight excluding hydrogens is 219 g/mol. The SMILES string of the molecule is CN(C(=O)C1(N)CCCC1)c1ccc(F)cc1. The Labute approximate surface area is 100 Å². The van der Waals surface area contributed by atoms with E-state index < -0.39 is 5.54 Å². The molecule has 4 heteroatoms. The van der Waals surface area contributed by atoms with Crippen molar-refractivity contribution < 1.29 is 9.18 Å². The number of nitrogens with two attached hydrogens (primary N) is 1. The molecule has 1 amide bonds. The lowest BCUT2D eigenvalue weighted by Crippen LogP contribution is -2.52. The van der Waals surface area contributed by atoms with Crippen molar-refractivity contribution in [3.8, 4) is 0 Å². The van der Waals surface area contributed by atoms with E-state index in [4.69, 9.17) is 5.73 Å². The molecule has 17 heavy (non-hydrogen) atoms. The van der Waals surface area contributed by atoms with Crippen molar-refractivity contribution in [3.05, 3.63) is 30.1 Å². The maximum Gasteiger partial charge on any atom is 0.246 e. The Balaban J connectivity index is 2.17. The molecule has 0 aliphatic heterocycles. The molecule has 0 radical (unpaired) electrons. The predicted molar refractivity (Wildman–Crippen MR) is 65.2 cm³/mol. The number of amides is 1. The second kappa shape index (κ2) is 4.45. The molecule has 0 atom stereocenters. The van der Waals surface area contributed by atoms with Crippen LogP contribution in [0.1, 0.15) is 25.7 Å². The number of halogens is 1. The molecule has 0 heterocycles. The Morgan fingerprint density at radius 3 is 2.35 bits per heavy atom. The van der Waals surface area contributed by atoms with Crippen LogP contribution in [0.15, 0.2) is 24.3 Å². The summed E-state index contributed by atoms with van der Waals surface area (Å²) in [6.07, 6.45) is 3.47. The second-order valence-electron chi connectivity index (χ2n) is 4.70. The molecule has 1 aromatic rings. The van der Waals surface area contributed by atoms with E-state index in [-0.39, 0.29) is 11.7 Å². The monoisotopic (exact) mass is 236 g/mol. The van der Waals surface area contributed by atoms with Gasteiger partial charge in [-0.05, 0) is 37.1 Å². The van der Waals surface area contributed by atoms with Crippen LogP contribution >= 0.6 is 0 Å². The number of benzene rings is 1. The van der Waals surface area contributed by atoms with Crippen LogP contribution in [0.25, 0.3) is 0 Å². The van der Waals surface area contributed by atoms with Crippen LogP contribution in [-0.2, 0) is 4.79 Å². The largest absolute Gasteiger partial charge is 0.317 e. The average Bonchev–Trinajstić information content (AvgIpc) is 2.76. The molecule has 0 spiro atoms. The van der Waals surface area contributed by atoms with Crippen LogP contribution in [0.2, 0.25) is 0 Å². The molecule has 0 saturated heterocycles. The maximum absolute atomic E-state index is 12.8. The minimum atomic E-state index is -0.733. The number of hydrogen-bond acceptors (Lipinski definition) is 2. The Morgan fingerprint density at radius 2 is 1.82 bits per heavy atom. The van der Waals surface area contributed by atoms with Crippen molar-refractivity contribution in [1.82, 2.24) is 0 Å². The van der Waals surface area contributed by atoms with Crippen molar-refractivity contribution in [2.45, 2.75) is 31.2 Å². The van der Waals surface area contributed by atoms with Crippen LogP contribution in [0.5, 0.6) is 0 Å². The first-order valence-corrected chi connectivity index (χ1v) is 5.85. The second-order valence-corrected chi connectivity index (χ2v) is 4.70. The van der Waals surface area contributed by atoms with Gasteiger partial charge >= 0.3 is 0 Å². The Kier molecular flexibility index (Phi) is 3.15. The molecule has 2 rings (SSSR count). The zero-order valence-electron chi connectivity index (χ0n) is 9.95. The van der Waals surface area contributed by atoms with E-state index in [0.29, 0.717) is 5.69 Å². The first kappa shape index (κ1) is 12.0. The fourth-order valence-electron chi connectivity index (χ4n) is 2.34. The van der Waals surface area contributed by atoms with E-state index in [2.05, 4.69) is 0 Å². The van der Waals surface area contributed by atoms with Crippen molar-refractivity contribution in [2.24, 2.45) is 5.73 Å². The van der Waals surface area contributed by atoms with Crippen molar-refractivity contribution in [3.63, 3.8) is 0 Å². The van der Waals surface area contributed by atoms with Gasteiger partial charge in [0.05, 0.1) is 5.54 Å². The minimum absolute atomic E-state index is 0.0818. The molecule has 0 unspecified atom stereocenters. The first-order valence-electron chi connectivity index (χ1n) is 5.85. The highest BCUT2D eigenvalue weighted by Gasteiger charge is 2.39. The lowest BCUT2D eigenvalue weighted by Gasteiger charge is -2.28. The normalized spacial score (nSPS) is 18.1. The molecule has 1 saturated carbocycles. The molecule has 1 fully saturated rings. The van der Waals surface area contributed by atoms with E-state index in [1.165, 1.54) is 17.0 Å². The number of carbonyl (C=O) groups excluding carboxylic acids is 1. The van der Waals surface area contributed by atoms with Gasteiger partial charge in [0.25, 0.3) is 0 Å². The summed E-state index contributed by atoms with van der Waals surface area (Å²) in [6, 6.07) is 5.87. The summed E-state index contributed by atoms with van der Waals surface area (Å²) in [4.78, 5) is 13.8. The Morgan fingerprint density at radius 1 is 1.29 bits per heavy atom. The number of hydrogen-bond donors (Lipinski definition) is 1. The topological polar surface area (TPSA) is 46.3 Å². The number of carbonyl (C=O) groups is 1. The number of anilines is 1. The molecule has 1 aliphatic carbocycles. The zero-order valence-corrected chi connectivity index (χ0v) is 9.95. The van der Waals surface area contributed by atoms with Gasteiger partial charge in [-0.1, -0.05) is 12.8 Å². The minimum Gasteiger partial charge on any atom is -0.317 e. The van der Waals surface area contributed by atoms with Gasteiger partial charge < -0.3 is 10.6 Å². The number of rotatable bonds is 2. The maximum atomic E-state index is 12.8. The molecule has 2 N–H and O–H groups in total. The lowest BCUT2D eigenvalue weighted by atomic mass is 9.97. The third-order valence-electron chi connectivity index (χ3n) is 3.44. The van der Waals surface area contributed by atoms with E-state index in [1.54, 1.807) is 19.2 Å². The molecule has 1 aromatic carbocycles. The van der Waals surface area contributed by atoms with Crippen molar-refractivity contribution in [1.29, 1.82) is 0 Å². The fourth-order valence-corrected chi connectivity index (χ4v) is 2.34. The highest BCUT2D eigenvalue weighted by Crippen LogP contribution is 2.30. The third kappa shape index (κ3) is 2.31. The van der Waals surface area contributed by atoms with Gasteiger partial charge in [-0.15, -0.1) is 0 Å². The summed E-state index contributed by atoms with van der Waals surface area (Å²) in [5, 5.41) is 0. The van der Waals surface area contributed by atoms with Crippen LogP contribution in [-0.4, -0.2) is 18.5 Å². The highest BCUT2D eigenvalue weighted by atomic mass is 19.1. The van der Waals surface area contributed by atoms with Crippen molar-refractivity contribution >= 4 is 11.6 Å². The van der Waals surface area contributed by atoms with Crippen molar-refractivity contribution in [2.75, 3.05) is 11.9 Å². The van der Waals surface area contributed by atoms with E-state index in [9.17, 15) is 9.18 Å². The van der Waals surface area contributed by atoms with E-state index in [0.717, 1.165) is 25.7 Å². The average molecular weight is 236 g/mol. The number of nitrogens with zero attached hydrogens (tertiary/aromatic N) is 1. The standard InChI is InChI=1S/C13H17FN2O/c1-16(11-6-4-10(14)5-7-11)12(17)13(15)8-2-3-9-13/h4-7H,2-3,8-9,15H2,1H3. The van der Waals surface area contributed by atoms with Gasteiger partial charge in [-0.25, -0.2) is 4.39 Å². The summed E-state index contributed by atoms with van der Waals surface area (Å²) >= 11 is 0. The van der Waals surface area contributed by atoms with E-state index in [1.807, 2.05) is 0 Å². The molecule has 1 aliphatic rings. The Bertz CT molecular complexity index is 410. The summed E-state index contributed by atoms with van der Waals surface area (Å²) < 4.78 is 12.8. The molecule has 0 bridgehead atoms. The quantitative estimate of drug-likeness (QED) is 0.854. The van der Waals surface area contributed by atoms with Crippen LogP contribution in [0, 0.1) is 5.82 Å². The van der Waals surface area contributed by atoms with Gasteiger partial charge in [-0.2, -0.15) is 0 Å². The summed E-state index contributed by atoms with van der Waals surface area (Å²) in [5.41, 5.74) is 6.05. The van der Waals surface area contributed by atoms with Crippen LogP contribution < -0.4 is 10.6 Å². The number of likely N-dealkylation sites (N-methyl/N-ethyl adjacent to an activating group) is 1. The first-order chi connectivity index (χ1) is 8.03. The van der Waals surface area contributed by atoms with Gasteiger partial charge in [0.2, 0.25) is 5.91 Å². The van der Waals surface area contributed by atoms with Gasteiger partial charge in [0.15, 0.2) is 0 Å². The van der Waals surface area contributed by atoms with Gasteiger partial charge in [-0.3, -0.25) is 4.79 Å². The van der Waals surface area contributed by atoms with Crippen LogP contribution in [0.3, 0.4) is 0 Å². The molecule has 92 valence electrons. The predicted octanol–water partition coefficient (Wildman–Crippen LogP) is 2.06. The smallest absolute Gasteiger partial charge is 0.246 e. The fraction of sp³-hybridized carbons (Fsp3) is 0.462. The highest BCUT2D eigenvalue weighted by molar-refractivity contribution is 5.99. The molecule has 0 aromatic heterocycles. The molecule has 3 nitrogen and oxygen atoms in total. The van der Waals surface area contributed by atoms with Gasteiger partial charge in [0, 0.05) is 12.7 Å². The van der Waals surface area contributed by atoms with E-state index >= 15 is 0 Å². The van der Waals surface area contributed by atoms with Gasteiger partial charge in [0.1, 0.15) is 5.82 Å². The summed E-state index contributed by atoms with van der Waals surface area (Å²) in [7, 11) is 1.68. The molecular formula is C13H17FN2O. The lowest BCUT2D eigenvalue weighted by molar-refractivity contribution is -0.123. The summed E-state index contributed by atoms with van der Waals surface area (Å²) in [6.45, 7) is 0.